The van der Waals surface area contributed by atoms with Crippen molar-refractivity contribution in [3.05, 3.63) is 47.0 Å². The molecule has 2 unspecified atom stereocenters. The summed E-state index contributed by atoms with van der Waals surface area (Å²) >= 11 is 0. The van der Waals surface area contributed by atoms with E-state index in [-0.39, 0.29) is 51.8 Å². The number of nitrogens with zero attached hydrogens (tertiary/aromatic N) is 2. The number of carboxylic acid groups (broad SMARTS) is 1. The van der Waals surface area contributed by atoms with Crippen LogP contribution in [0.5, 0.6) is 0 Å². The van der Waals surface area contributed by atoms with Gasteiger partial charge in [-0.25, -0.2) is 0 Å². The van der Waals surface area contributed by atoms with Crippen LogP contribution in [-0.4, -0.2) is 83.7 Å². The zero-order valence-corrected chi connectivity index (χ0v) is 36.7. The number of allylic oxidation sites excluding steroid dienone is 1. The first-order chi connectivity index (χ1) is 26.0. The summed E-state index contributed by atoms with van der Waals surface area (Å²) in [6.45, 7) is 22.8. The topological polar surface area (TPSA) is 107 Å². The number of rotatable bonds is 13. The van der Waals surface area contributed by atoms with E-state index in [2.05, 4.69) is 96.6 Å². The Morgan fingerprint density at radius 3 is 2.20 bits per heavy atom. The fourth-order valence-electron chi connectivity index (χ4n) is 13.7. The molecule has 5 aliphatic carbocycles. The summed E-state index contributed by atoms with van der Waals surface area (Å²) in [5.74, 6) is 0.0748. The van der Waals surface area contributed by atoms with Gasteiger partial charge in [0.05, 0.1) is 17.9 Å². The lowest BCUT2D eigenvalue weighted by molar-refractivity contribution is -0.235. The molecule has 1 aromatic rings. The van der Waals surface area contributed by atoms with E-state index in [9.17, 15) is 24.6 Å². The predicted octanol–water partition coefficient (Wildman–Crippen LogP) is 8.80. The van der Waals surface area contributed by atoms with Crippen LogP contribution in [0.4, 0.5) is 0 Å². The van der Waals surface area contributed by atoms with E-state index in [1.165, 1.54) is 11.1 Å². The van der Waals surface area contributed by atoms with Crippen molar-refractivity contribution in [2.45, 2.75) is 145 Å². The first kappa shape index (κ1) is 43.0. The fraction of sp³-hybridized carbons (Fsp3) is 0.771. The first-order valence-corrected chi connectivity index (χ1v) is 21.8. The molecule has 312 valence electrons. The molecule has 4 fully saturated rings. The standard InChI is InChI=1S/C48H74N2O6/c1-31(2)40-34(51)27-48(37(52)30-50(26-25-49(10)11)29-32-15-13-12-14-16-32)24-23-46(8)33(41(40)48)17-18-36-45(7)21-20-38(56-39(53)28-43(3,4)42(54)55)44(5,6)35(45)19-22-47(36,46)9/h12-16,31,33,35-38,52H,17-30H2,1-11H3,(H,54,55)/t33-,35+,36-,37?,38+,45+,46-,47-,48?/m1/s1. The molecule has 0 amide bonds. The third kappa shape index (κ3) is 7.14. The number of benzene rings is 1. The van der Waals surface area contributed by atoms with Gasteiger partial charge in [0, 0.05) is 43.4 Å². The van der Waals surface area contributed by atoms with Crippen molar-refractivity contribution < 1.29 is 29.3 Å². The molecule has 4 saturated carbocycles. The van der Waals surface area contributed by atoms with Crippen LogP contribution in [0.2, 0.25) is 0 Å². The minimum atomic E-state index is -1.17. The lowest BCUT2D eigenvalue weighted by atomic mass is 9.33. The summed E-state index contributed by atoms with van der Waals surface area (Å²) < 4.78 is 6.20. The van der Waals surface area contributed by atoms with Gasteiger partial charge >= 0.3 is 11.9 Å². The molecular weight excluding hydrogens is 701 g/mol. The van der Waals surface area contributed by atoms with Crippen LogP contribution >= 0.6 is 0 Å². The zero-order chi connectivity index (χ0) is 41.2. The zero-order valence-electron chi connectivity index (χ0n) is 36.7. The summed E-state index contributed by atoms with van der Waals surface area (Å²) in [5, 5.41) is 22.3. The quantitative estimate of drug-likeness (QED) is 0.192. The number of aliphatic hydroxyl groups is 1. The number of likely N-dealkylation sites (N-methyl/N-ethyl adjacent to an activating group) is 1. The highest BCUT2D eigenvalue weighted by atomic mass is 16.5. The van der Waals surface area contributed by atoms with Gasteiger partial charge in [-0.1, -0.05) is 84.4 Å². The molecule has 8 heteroatoms. The number of aliphatic carboxylic acids is 1. The molecule has 0 spiro atoms. The lowest BCUT2D eigenvalue weighted by Gasteiger charge is -2.72. The summed E-state index contributed by atoms with van der Waals surface area (Å²) in [4.78, 5) is 43.8. The highest BCUT2D eigenvalue weighted by Crippen LogP contribution is 2.77. The number of carbonyl (C=O) groups excluding carboxylic acids is 2. The Hall–Kier alpha value is -2.55. The average molecular weight is 775 g/mol. The minimum absolute atomic E-state index is 0.0161. The molecule has 8 nitrogen and oxygen atoms in total. The number of hydrogen-bond donors (Lipinski definition) is 2. The Morgan fingerprint density at radius 1 is 0.893 bits per heavy atom. The fourth-order valence-corrected chi connectivity index (χ4v) is 13.7. The molecule has 0 aromatic heterocycles. The van der Waals surface area contributed by atoms with E-state index < -0.39 is 28.9 Å². The molecule has 0 radical (unpaired) electrons. The lowest BCUT2D eigenvalue weighted by Crippen LogP contribution is -2.66. The second-order valence-electron chi connectivity index (χ2n) is 21.6. The maximum atomic E-state index is 14.3. The molecule has 9 atom stereocenters. The summed E-state index contributed by atoms with van der Waals surface area (Å²) in [6.07, 6.45) is 7.28. The molecule has 2 N–H and O–H groups in total. The first-order valence-electron chi connectivity index (χ1n) is 21.8. The third-order valence-electron chi connectivity index (χ3n) is 17.0. The van der Waals surface area contributed by atoms with E-state index in [0.717, 1.165) is 76.6 Å². The number of carboxylic acids is 1. The van der Waals surface area contributed by atoms with Crippen molar-refractivity contribution in [3.8, 4) is 0 Å². The number of Topliss-reactive ketones (excluding diaryl/α,β-unsaturated/α-hetero) is 1. The molecule has 0 saturated heterocycles. The highest BCUT2D eigenvalue weighted by Gasteiger charge is 2.71. The summed E-state index contributed by atoms with van der Waals surface area (Å²) in [5.41, 5.74) is 1.72. The number of aliphatic hydroxyl groups excluding tert-OH is 1. The van der Waals surface area contributed by atoms with Crippen LogP contribution in [0.15, 0.2) is 41.5 Å². The van der Waals surface area contributed by atoms with E-state index in [4.69, 9.17) is 4.74 Å². The van der Waals surface area contributed by atoms with Crippen LogP contribution in [0.25, 0.3) is 0 Å². The normalized spacial score (nSPS) is 35.9. The SMILES string of the molecule is CC(C)C1=C2[C@H]3CC[C@@H]4[C@@]5(C)CC[C@H](OC(=O)CC(C)(C)C(=O)O)C(C)(C)[C@@H]5CC[C@@]4(C)[C@]3(C)CCC2(C(O)CN(CCN(C)C)Cc2ccccc2)CC1=O. The number of esters is 1. The van der Waals surface area contributed by atoms with Gasteiger partial charge in [0.25, 0.3) is 0 Å². The Balaban J connectivity index is 1.29. The van der Waals surface area contributed by atoms with Crippen molar-refractivity contribution >= 4 is 17.7 Å². The van der Waals surface area contributed by atoms with Crippen molar-refractivity contribution in [1.82, 2.24) is 9.80 Å². The van der Waals surface area contributed by atoms with E-state index in [1.54, 1.807) is 13.8 Å². The Kier molecular flexibility index (Phi) is 11.7. The molecular formula is C48H74N2O6. The smallest absolute Gasteiger partial charge is 0.309 e. The molecule has 5 aliphatic rings. The van der Waals surface area contributed by atoms with Gasteiger partial charge in [-0.15, -0.1) is 0 Å². The Bertz CT molecular complexity index is 1680. The molecule has 0 heterocycles. The largest absolute Gasteiger partial charge is 0.481 e. The van der Waals surface area contributed by atoms with E-state index in [1.807, 2.05) is 6.07 Å². The Labute approximate surface area is 338 Å². The van der Waals surface area contributed by atoms with Gasteiger partial charge in [-0.3, -0.25) is 19.3 Å². The van der Waals surface area contributed by atoms with Crippen LogP contribution in [0.3, 0.4) is 0 Å². The average Bonchev–Trinajstić information content (AvgIpc) is 3.42. The molecule has 56 heavy (non-hydrogen) atoms. The molecule has 0 bridgehead atoms. The van der Waals surface area contributed by atoms with Gasteiger partial charge in [-0.2, -0.15) is 0 Å². The van der Waals surface area contributed by atoms with Crippen LogP contribution < -0.4 is 0 Å². The van der Waals surface area contributed by atoms with Gasteiger partial charge in [0.2, 0.25) is 0 Å². The number of hydrogen-bond acceptors (Lipinski definition) is 7. The van der Waals surface area contributed by atoms with Crippen molar-refractivity contribution in [2.24, 2.45) is 56.2 Å². The number of fused-ring (bicyclic) bond motifs is 7. The van der Waals surface area contributed by atoms with Gasteiger partial charge in [0.1, 0.15) is 6.10 Å². The number of ether oxygens (including phenoxy) is 1. The maximum Gasteiger partial charge on any atom is 0.309 e. The number of carbonyl (C=O) groups is 3. The molecule has 1 aromatic carbocycles. The minimum Gasteiger partial charge on any atom is -0.481 e. The monoisotopic (exact) mass is 775 g/mol. The van der Waals surface area contributed by atoms with Crippen LogP contribution in [0.1, 0.15) is 132 Å². The highest BCUT2D eigenvalue weighted by molar-refractivity contribution is 6.00. The molecule has 0 aliphatic heterocycles. The third-order valence-corrected chi connectivity index (χ3v) is 17.0. The number of ketones is 1. The maximum absolute atomic E-state index is 14.3. The molecule has 6 rings (SSSR count). The second kappa shape index (κ2) is 15.2. The van der Waals surface area contributed by atoms with Crippen molar-refractivity contribution in [1.29, 1.82) is 0 Å². The van der Waals surface area contributed by atoms with Crippen LogP contribution in [-0.2, 0) is 25.7 Å². The van der Waals surface area contributed by atoms with Gasteiger partial charge < -0.3 is 19.8 Å². The summed E-state index contributed by atoms with van der Waals surface area (Å²) in [6, 6.07) is 10.5. The Morgan fingerprint density at radius 2 is 1.57 bits per heavy atom. The van der Waals surface area contributed by atoms with Crippen molar-refractivity contribution in [3.63, 3.8) is 0 Å². The van der Waals surface area contributed by atoms with E-state index in [0.29, 0.717) is 24.8 Å². The van der Waals surface area contributed by atoms with Gasteiger partial charge in [-0.05, 0) is 130 Å². The van der Waals surface area contributed by atoms with Crippen molar-refractivity contribution in [2.75, 3.05) is 33.7 Å². The second-order valence-corrected chi connectivity index (χ2v) is 21.6. The summed E-state index contributed by atoms with van der Waals surface area (Å²) in [7, 11) is 4.20. The van der Waals surface area contributed by atoms with E-state index >= 15 is 0 Å². The van der Waals surface area contributed by atoms with Crippen LogP contribution in [0, 0.1) is 56.2 Å². The van der Waals surface area contributed by atoms with Gasteiger partial charge in [0.15, 0.2) is 5.78 Å². The predicted molar refractivity (Wildman–Crippen MR) is 222 cm³/mol.